The summed E-state index contributed by atoms with van der Waals surface area (Å²) in [6.07, 6.45) is 0. The van der Waals surface area contributed by atoms with E-state index in [-0.39, 0.29) is 22.4 Å². The van der Waals surface area contributed by atoms with Gasteiger partial charge in [0.2, 0.25) is 10.0 Å². The van der Waals surface area contributed by atoms with Gasteiger partial charge in [0.25, 0.3) is 5.91 Å². The van der Waals surface area contributed by atoms with E-state index in [9.17, 15) is 18.0 Å². The molecule has 0 aliphatic carbocycles. The first-order chi connectivity index (χ1) is 13.6. The minimum atomic E-state index is -3.69. The van der Waals surface area contributed by atoms with Crippen LogP contribution in [-0.2, 0) is 19.6 Å². The molecule has 0 fully saturated rings. The van der Waals surface area contributed by atoms with Gasteiger partial charge >= 0.3 is 5.97 Å². The Morgan fingerprint density at radius 3 is 2.21 bits per heavy atom. The molecule has 0 saturated heterocycles. The number of para-hydroxylation sites is 1. The number of carbonyl (C=O) groups excluding carboxylic acids is 2. The minimum Gasteiger partial charge on any atom is -0.452 e. The van der Waals surface area contributed by atoms with E-state index in [1.54, 1.807) is 30.0 Å². The Labute approximate surface area is 171 Å². The number of hydrogen-bond acceptors (Lipinski definition) is 5. The summed E-state index contributed by atoms with van der Waals surface area (Å²) in [6.45, 7) is 4.96. The third-order valence-corrected chi connectivity index (χ3v) is 6.16. The zero-order valence-electron chi connectivity index (χ0n) is 17.2. The smallest absolute Gasteiger partial charge is 0.338 e. The molecule has 29 heavy (non-hydrogen) atoms. The average Bonchev–Trinajstić information content (AvgIpc) is 2.66. The van der Waals surface area contributed by atoms with Gasteiger partial charge < -0.3 is 9.64 Å². The maximum absolute atomic E-state index is 12.7. The lowest BCUT2D eigenvalue weighted by atomic mass is 10.1. The molecular formula is C21H26N2O5S. The van der Waals surface area contributed by atoms with Gasteiger partial charge in [-0.15, -0.1) is 0 Å². The zero-order chi connectivity index (χ0) is 21.8. The van der Waals surface area contributed by atoms with Gasteiger partial charge in [-0.1, -0.05) is 24.3 Å². The highest BCUT2D eigenvalue weighted by molar-refractivity contribution is 7.89. The predicted octanol–water partition coefficient (Wildman–Crippen LogP) is 2.84. The fourth-order valence-electron chi connectivity index (χ4n) is 2.79. The Hall–Kier alpha value is -2.71. The molecule has 0 aliphatic rings. The Balaban J connectivity index is 2.19. The summed E-state index contributed by atoms with van der Waals surface area (Å²) in [5.41, 5.74) is 1.37. The van der Waals surface area contributed by atoms with E-state index in [1.807, 2.05) is 32.0 Å². The average molecular weight is 419 g/mol. The van der Waals surface area contributed by atoms with Gasteiger partial charge in [-0.05, 0) is 50.6 Å². The second kappa shape index (κ2) is 9.19. The van der Waals surface area contributed by atoms with Gasteiger partial charge in [0, 0.05) is 25.8 Å². The van der Waals surface area contributed by atoms with Crippen LogP contribution in [0.2, 0.25) is 0 Å². The lowest BCUT2D eigenvalue weighted by Crippen LogP contribution is -2.39. The van der Waals surface area contributed by atoms with Crippen LogP contribution in [0.5, 0.6) is 0 Å². The number of benzene rings is 2. The van der Waals surface area contributed by atoms with Gasteiger partial charge in [-0.3, -0.25) is 4.79 Å². The highest BCUT2D eigenvalue weighted by Gasteiger charge is 2.23. The fourth-order valence-corrected chi connectivity index (χ4v) is 3.71. The number of amides is 1. The van der Waals surface area contributed by atoms with Crippen molar-refractivity contribution in [2.45, 2.75) is 31.7 Å². The standard InChI is InChI=1S/C21H26N2O5S/c1-15(2)23(17-9-7-6-8-10-17)20(24)14-28-21(25)19-13-18(12-11-16(19)3)29(26,27)22(4)5/h6-13,15H,14H2,1-5H3. The Morgan fingerprint density at radius 2 is 1.66 bits per heavy atom. The highest BCUT2D eigenvalue weighted by Crippen LogP contribution is 2.20. The van der Waals surface area contributed by atoms with Crippen LogP contribution < -0.4 is 4.90 Å². The van der Waals surface area contributed by atoms with Crippen molar-refractivity contribution in [1.82, 2.24) is 4.31 Å². The molecule has 7 nitrogen and oxygen atoms in total. The van der Waals surface area contributed by atoms with Crippen molar-refractivity contribution in [2.75, 3.05) is 25.6 Å². The van der Waals surface area contributed by atoms with Crippen molar-refractivity contribution in [3.63, 3.8) is 0 Å². The van der Waals surface area contributed by atoms with E-state index in [1.165, 1.54) is 26.2 Å². The number of rotatable bonds is 7. The molecule has 0 bridgehead atoms. The molecule has 2 aromatic rings. The van der Waals surface area contributed by atoms with Crippen LogP contribution in [0.25, 0.3) is 0 Å². The third kappa shape index (κ3) is 5.21. The zero-order valence-corrected chi connectivity index (χ0v) is 18.1. The maximum Gasteiger partial charge on any atom is 0.338 e. The highest BCUT2D eigenvalue weighted by atomic mass is 32.2. The number of ether oxygens (including phenoxy) is 1. The van der Waals surface area contributed by atoms with E-state index >= 15 is 0 Å². The molecule has 2 aromatic carbocycles. The topological polar surface area (TPSA) is 84.0 Å². The van der Waals surface area contributed by atoms with Crippen LogP contribution in [0.1, 0.15) is 29.8 Å². The first-order valence-corrected chi connectivity index (χ1v) is 10.6. The molecule has 0 N–H and O–H groups in total. The number of esters is 1. The van der Waals surface area contributed by atoms with Crippen molar-refractivity contribution in [2.24, 2.45) is 0 Å². The molecule has 0 unspecified atom stereocenters. The van der Waals surface area contributed by atoms with E-state index in [2.05, 4.69) is 0 Å². The van der Waals surface area contributed by atoms with Gasteiger partial charge in [0.05, 0.1) is 10.5 Å². The number of nitrogens with zero attached hydrogens (tertiary/aromatic N) is 2. The van der Waals surface area contributed by atoms with Gasteiger partial charge in [-0.25, -0.2) is 17.5 Å². The van der Waals surface area contributed by atoms with Crippen molar-refractivity contribution in [1.29, 1.82) is 0 Å². The summed E-state index contributed by atoms with van der Waals surface area (Å²) in [5, 5.41) is 0. The van der Waals surface area contributed by atoms with Gasteiger partial charge in [-0.2, -0.15) is 0 Å². The van der Waals surface area contributed by atoms with E-state index < -0.39 is 22.6 Å². The molecule has 1 amide bonds. The Bertz CT molecular complexity index is 985. The molecule has 0 saturated carbocycles. The van der Waals surface area contributed by atoms with Crippen LogP contribution in [0.4, 0.5) is 5.69 Å². The van der Waals surface area contributed by atoms with Gasteiger partial charge in [0.1, 0.15) is 0 Å². The van der Waals surface area contributed by atoms with Crippen LogP contribution in [0.3, 0.4) is 0 Å². The molecule has 0 heterocycles. The summed E-state index contributed by atoms with van der Waals surface area (Å²) in [6, 6.07) is 13.2. The summed E-state index contributed by atoms with van der Waals surface area (Å²) in [4.78, 5) is 26.7. The normalized spacial score (nSPS) is 11.6. The predicted molar refractivity (Wildman–Crippen MR) is 111 cm³/mol. The summed E-state index contributed by atoms with van der Waals surface area (Å²) < 4.78 is 30.9. The third-order valence-electron chi connectivity index (χ3n) is 4.35. The first kappa shape index (κ1) is 22.6. The van der Waals surface area contributed by atoms with Crippen LogP contribution in [-0.4, -0.2) is 51.3 Å². The number of aryl methyl sites for hydroxylation is 1. The Kier molecular flexibility index (Phi) is 7.16. The molecular weight excluding hydrogens is 392 g/mol. The molecule has 0 aliphatic heterocycles. The van der Waals surface area contributed by atoms with Crippen molar-refractivity contribution in [3.05, 3.63) is 59.7 Å². The second-order valence-corrected chi connectivity index (χ2v) is 9.19. The Morgan fingerprint density at radius 1 is 1.03 bits per heavy atom. The number of anilines is 1. The molecule has 0 radical (unpaired) electrons. The summed E-state index contributed by atoms with van der Waals surface area (Å²) >= 11 is 0. The van der Waals surface area contributed by atoms with Crippen molar-refractivity contribution < 1.29 is 22.7 Å². The summed E-state index contributed by atoms with van der Waals surface area (Å²) in [7, 11) is -0.866. The maximum atomic E-state index is 12.7. The van der Waals surface area contributed by atoms with E-state index in [0.717, 1.165) is 4.31 Å². The molecule has 0 spiro atoms. The lowest BCUT2D eigenvalue weighted by Gasteiger charge is -2.26. The van der Waals surface area contributed by atoms with E-state index in [0.29, 0.717) is 11.3 Å². The molecule has 156 valence electrons. The monoisotopic (exact) mass is 418 g/mol. The SMILES string of the molecule is Cc1ccc(S(=O)(=O)N(C)C)cc1C(=O)OCC(=O)N(c1ccccc1)C(C)C. The van der Waals surface area contributed by atoms with Crippen LogP contribution >= 0.6 is 0 Å². The summed E-state index contributed by atoms with van der Waals surface area (Å²) in [5.74, 6) is -1.11. The fraction of sp³-hybridized carbons (Fsp3) is 0.333. The number of sulfonamides is 1. The molecule has 0 aromatic heterocycles. The minimum absolute atomic E-state index is 0.0144. The lowest BCUT2D eigenvalue weighted by molar-refractivity contribution is -0.122. The number of hydrogen-bond donors (Lipinski definition) is 0. The molecule has 8 heteroatoms. The molecule has 2 rings (SSSR count). The van der Waals surface area contributed by atoms with E-state index in [4.69, 9.17) is 4.74 Å². The van der Waals surface area contributed by atoms with Crippen molar-refractivity contribution >= 4 is 27.6 Å². The van der Waals surface area contributed by atoms with Gasteiger partial charge in [0.15, 0.2) is 6.61 Å². The number of carbonyl (C=O) groups is 2. The largest absolute Gasteiger partial charge is 0.452 e. The van der Waals surface area contributed by atoms with Crippen LogP contribution in [0, 0.1) is 6.92 Å². The first-order valence-electron chi connectivity index (χ1n) is 9.13. The molecule has 0 atom stereocenters. The quantitative estimate of drug-likeness (QED) is 0.646. The van der Waals surface area contributed by atoms with Crippen LogP contribution in [0.15, 0.2) is 53.4 Å². The second-order valence-electron chi connectivity index (χ2n) is 7.03. The van der Waals surface area contributed by atoms with Crippen molar-refractivity contribution in [3.8, 4) is 0 Å².